The van der Waals surface area contributed by atoms with E-state index in [0.717, 1.165) is 18.5 Å². The number of rotatable bonds is 2. The standard InChI is InChI=1S/C13H21N3OS/c1-9-11(18-13(14)15-9)12(17)16(2)10-7-5-3-4-6-8-10/h10H,3-8H2,1-2H3,(H2,14,15). The monoisotopic (exact) mass is 267 g/mol. The van der Waals surface area contributed by atoms with Gasteiger partial charge < -0.3 is 10.6 Å². The van der Waals surface area contributed by atoms with Crippen LogP contribution in [0.15, 0.2) is 0 Å². The van der Waals surface area contributed by atoms with Crippen LogP contribution >= 0.6 is 11.3 Å². The van der Waals surface area contributed by atoms with Crippen LogP contribution in [0.3, 0.4) is 0 Å². The topological polar surface area (TPSA) is 59.2 Å². The van der Waals surface area contributed by atoms with E-state index in [4.69, 9.17) is 5.73 Å². The SMILES string of the molecule is Cc1nc(N)sc1C(=O)N(C)C1CCCCCC1. The maximum atomic E-state index is 12.4. The molecule has 100 valence electrons. The minimum absolute atomic E-state index is 0.0774. The second-order valence-corrected chi connectivity index (χ2v) is 6.06. The molecular formula is C13H21N3OS. The van der Waals surface area contributed by atoms with Crippen molar-refractivity contribution in [2.24, 2.45) is 0 Å². The Morgan fingerprint density at radius 1 is 1.33 bits per heavy atom. The highest BCUT2D eigenvalue weighted by Gasteiger charge is 2.25. The van der Waals surface area contributed by atoms with Crippen molar-refractivity contribution >= 4 is 22.4 Å². The van der Waals surface area contributed by atoms with Crippen molar-refractivity contribution in [3.8, 4) is 0 Å². The Morgan fingerprint density at radius 3 is 2.44 bits per heavy atom. The Labute approximate surface area is 112 Å². The van der Waals surface area contributed by atoms with Crippen molar-refractivity contribution in [3.05, 3.63) is 10.6 Å². The predicted octanol–water partition coefficient (Wildman–Crippen LogP) is 2.83. The molecule has 0 radical (unpaired) electrons. The number of nitrogen functional groups attached to an aromatic ring is 1. The zero-order chi connectivity index (χ0) is 13.1. The van der Waals surface area contributed by atoms with E-state index >= 15 is 0 Å². The molecule has 0 aromatic carbocycles. The second kappa shape index (κ2) is 5.69. The van der Waals surface area contributed by atoms with E-state index in [9.17, 15) is 4.79 Å². The van der Waals surface area contributed by atoms with E-state index in [1.807, 2.05) is 18.9 Å². The molecule has 18 heavy (non-hydrogen) atoms. The number of aryl methyl sites for hydroxylation is 1. The molecule has 0 spiro atoms. The van der Waals surface area contributed by atoms with Crippen LogP contribution in [0.2, 0.25) is 0 Å². The molecule has 2 rings (SSSR count). The number of carbonyl (C=O) groups excluding carboxylic acids is 1. The summed E-state index contributed by atoms with van der Waals surface area (Å²) in [6.07, 6.45) is 7.29. The predicted molar refractivity (Wildman–Crippen MR) is 74.8 cm³/mol. The molecule has 1 aromatic rings. The lowest BCUT2D eigenvalue weighted by Gasteiger charge is -2.26. The zero-order valence-electron chi connectivity index (χ0n) is 11.1. The summed E-state index contributed by atoms with van der Waals surface area (Å²) < 4.78 is 0. The van der Waals surface area contributed by atoms with Crippen molar-refractivity contribution in [2.45, 2.75) is 51.5 Å². The first kappa shape index (κ1) is 13.3. The lowest BCUT2D eigenvalue weighted by molar-refractivity contribution is 0.0721. The van der Waals surface area contributed by atoms with Gasteiger partial charge in [0.2, 0.25) is 0 Å². The lowest BCUT2D eigenvalue weighted by atomic mass is 10.1. The third-order valence-electron chi connectivity index (χ3n) is 3.70. The number of carbonyl (C=O) groups is 1. The first-order valence-corrected chi connectivity index (χ1v) is 7.41. The first-order chi connectivity index (χ1) is 8.59. The molecule has 0 saturated heterocycles. The molecule has 2 N–H and O–H groups in total. The first-order valence-electron chi connectivity index (χ1n) is 6.59. The molecule has 0 unspecified atom stereocenters. The largest absolute Gasteiger partial charge is 0.375 e. The fourth-order valence-corrected chi connectivity index (χ4v) is 3.40. The van der Waals surface area contributed by atoms with Crippen LogP contribution < -0.4 is 5.73 Å². The highest BCUT2D eigenvalue weighted by atomic mass is 32.1. The van der Waals surface area contributed by atoms with E-state index in [1.54, 1.807) is 0 Å². The van der Waals surface area contributed by atoms with Crippen molar-refractivity contribution in [1.29, 1.82) is 0 Å². The zero-order valence-corrected chi connectivity index (χ0v) is 11.9. The normalized spacial score (nSPS) is 17.4. The van der Waals surface area contributed by atoms with Crippen LogP contribution in [0.4, 0.5) is 5.13 Å². The maximum Gasteiger partial charge on any atom is 0.265 e. The van der Waals surface area contributed by atoms with Crippen LogP contribution in [-0.2, 0) is 0 Å². The lowest BCUT2D eigenvalue weighted by Crippen LogP contribution is -2.36. The number of hydrogen-bond acceptors (Lipinski definition) is 4. The van der Waals surface area contributed by atoms with Gasteiger partial charge in [-0.1, -0.05) is 37.0 Å². The quantitative estimate of drug-likeness (QED) is 0.838. The van der Waals surface area contributed by atoms with Gasteiger partial charge in [0.1, 0.15) is 4.88 Å². The van der Waals surface area contributed by atoms with Crippen LogP contribution in [0, 0.1) is 6.92 Å². The molecule has 5 heteroatoms. The van der Waals surface area contributed by atoms with Gasteiger partial charge in [-0.25, -0.2) is 4.98 Å². The Morgan fingerprint density at radius 2 is 1.94 bits per heavy atom. The summed E-state index contributed by atoms with van der Waals surface area (Å²) >= 11 is 1.30. The molecule has 1 saturated carbocycles. The molecule has 0 atom stereocenters. The number of nitrogens with two attached hydrogens (primary N) is 1. The van der Waals surface area contributed by atoms with Crippen molar-refractivity contribution in [3.63, 3.8) is 0 Å². The second-order valence-electron chi connectivity index (χ2n) is 5.03. The van der Waals surface area contributed by atoms with E-state index in [1.165, 1.54) is 37.0 Å². The number of nitrogens with zero attached hydrogens (tertiary/aromatic N) is 2. The van der Waals surface area contributed by atoms with E-state index in [-0.39, 0.29) is 5.91 Å². The van der Waals surface area contributed by atoms with Crippen molar-refractivity contribution < 1.29 is 4.79 Å². The Balaban J connectivity index is 2.10. The van der Waals surface area contributed by atoms with Crippen LogP contribution in [-0.4, -0.2) is 28.9 Å². The van der Waals surface area contributed by atoms with E-state index in [2.05, 4.69) is 4.98 Å². The van der Waals surface area contributed by atoms with Crippen molar-refractivity contribution in [2.75, 3.05) is 12.8 Å². The van der Waals surface area contributed by atoms with Gasteiger partial charge in [0.15, 0.2) is 5.13 Å². The molecule has 1 aromatic heterocycles. The molecular weight excluding hydrogens is 246 g/mol. The van der Waals surface area contributed by atoms with Gasteiger partial charge in [-0.2, -0.15) is 0 Å². The minimum Gasteiger partial charge on any atom is -0.375 e. The number of anilines is 1. The molecule has 0 bridgehead atoms. The van der Waals surface area contributed by atoms with E-state index in [0.29, 0.717) is 16.1 Å². The summed E-state index contributed by atoms with van der Waals surface area (Å²) in [4.78, 5) is 19.1. The molecule has 1 heterocycles. The number of thiazole rings is 1. The Bertz CT molecular complexity index is 422. The van der Waals surface area contributed by atoms with Gasteiger partial charge >= 0.3 is 0 Å². The van der Waals surface area contributed by atoms with Gasteiger partial charge in [0.05, 0.1) is 5.69 Å². The van der Waals surface area contributed by atoms with Crippen LogP contribution in [0.5, 0.6) is 0 Å². The minimum atomic E-state index is 0.0774. The number of aromatic nitrogens is 1. The Kier molecular flexibility index (Phi) is 4.22. The number of hydrogen-bond donors (Lipinski definition) is 1. The van der Waals surface area contributed by atoms with Gasteiger partial charge in [-0.05, 0) is 19.8 Å². The number of amides is 1. The molecule has 4 nitrogen and oxygen atoms in total. The Hall–Kier alpha value is -1.10. The van der Waals surface area contributed by atoms with Crippen molar-refractivity contribution in [1.82, 2.24) is 9.88 Å². The van der Waals surface area contributed by atoms with Gasteiger partial charge in [-0.3, -0.25) is 4.79 Å². The van der Waals surface area contributed by atoms with Crippen LogP contribution in [0.1, 0.15) is 53.9 Å². The highest BCUT2D eigenvalue weighted by molar-refractivity contribution is 7.17. The molecule has 1 amide bonds. The maximum absolute atomic E-state index is 12.4. The summed E-state index contributed by atoms with van der Waals surface area (Å²) in [6.45, 7) is 1.85. The average Bonchev–Trinajstić information content (AvgIpc) is 2.59. The average molecular weight is 267 g/mol. The third kappa shape index (κ3) is 2.83. The highest BCUT2D eigenvalue weighted by Crippen LogP contribution is 2.25. The summed E-state index contributed by atoms with van der Waals surface area (Å²) in [5.41, 5.74) is 6.41. The van der Waals surface area contributed by atoms with Crippen LogP contribution in [0.25, 0.3) is 0 Å². The van der Waals surface area contributed by atoms with Gasteiger partial charge in [-0.15, -0.1) is 0 Å². The third-order valence-corrected chi connectivity index (χ3v) is 4.67. The fraction of sp³-hybridized carbons (Fsp3) is 0.692. The van der Waals surface area contributed by atoms with Gasteiger partial charge in [0.25, 0.3) is 5.91 Å². The summed E-state index contributed by atoms with van der Waals surface area (Å²) in [5.74, 6) is 0.0774. The summed E-state index contributed by atoms with van der Waals surface area (Å²) in [6, 6.07) is 0.378. The van der Waals surface area contributed by atoms with Gasteiger partial charge in [0, 0.05) is 13.1 Å². The summed E-state index contributed by atoms with van der Waals surface area (Å²) in [5, 5.41) is 0.477. The molecule has 1 aliphatic carbocycles. The molecule has 0 aliphatic heterocycles. The van der Waals surface area contributed by atoms with E-state index < -0.39 is 0 Å². The molecule has 1 fully saturated rings. The summed E-state index contributed by atoms with van der Waals surface area (Å²) in [7, 11) is 1.91. The smallest absolute Gasteiger partial charge is 0.265 e. The fourth-order valence-electron chi connectivity index (χ4n) is 2.59. The molecule has 1 aliphatic rings.